The molecule has 0 unspecified atom stereocenters. The van der Waals surface area contributed by atoms with E-state index in [2.05, 4.69) is 0 Å². The maximum atomic E-state index is 12.4. The summed E-state index contributed by atoms with van der Waals surface area (Å²) in [6, 6.07) is 1.70. The maximum absolute atomic E-state index is 12.4. The Hall–Kier alpha value is -2.09. The van der Waals surface area contributed by atoms with Gasteiger partial charge in [0.05, 0.1) is 19.6 Å². The van der Waals surface area contributed by atoms with E-state index in [0.717, 1.165) is 0 Å². The lowest BCUT2D eigenvalue weighted by molar-refractivity contribution is -0.145. The quantitative estimate of drug-likeness (QED) is 0.869. The molecular formula is C15H20N2O5S. The van der Waals surface area contributed by atoms with Gasteiger partial charge in [-0.2, -0.15) is 0 Å². The van der Waals surface area contributed by atoms with E-state index in [9.17, 15) is 14.4 Å². The van der Waals surface area contributed by atoms with Gasteiger partial charge in [0.15, 0.2) is 0 Å². The molecule has 1 aliphatic rings. The van der Waals surface area contributed by atoms with Crippen LogP contribution in [0.1, 0.15) is 22.5 Å². The van der Waals surface area contributed by atoms with Crippen molar-refractivity contribution in [1.82, 2.24) is 9.80 Å². The lowest BCUT2D eigenvalue weighted by Crippen LogP contribution is -2.46. The lowest BCUT2D eigenvalue weighted by atomic mass is 9.98. The van der Waals surface area contributed by atoms with Crippen LogP contribution in [0.25, 0.3) is 0 Å². The van der Waals surface area contributed by atoms with Crippen molar-refractivity contribution in [2.75, 3.05) is 33.8 Å². The first-order valence-electron chi connectivity index (χ1n) is 7.31. The van der Waals surface area contributed by atoms with Gasteiger partial charge in [-0.05, 0) is 24.3 Å². The Labute approximate surface area is 138 Å². The van der Waals surface area contributed by atoms with E-state index >= 15 is 0 Å². The molecule has 8 heteroatoms. The number of carboxylic acids is 1. The summed E-state index contributed by atoms with van der Waals surface area (Å²) in [5.41, 5.74) is 0. The lowest BCUT2D eigenvalue weighted by Gasteiger charge is -2.32. The van der Waals surface area contributed by atoms with Gasteiger partial charge in [0.1, 0.15) is 10.6 Å². The summed E-state index contributed by atoms with van der Waals surface area (Å²) in [7, 11) is 3.04. The Kier molecular flexibility index (Phi) is 5.59. The molecule has 1 aromatic rings. The highest BCUT2D eigenvalue weighted by Gasteiger charge is 2.29. The summed E-state index contributed by atoms with van der Waals surface area (Å²) in [5.74, 6) is -1.43. The number of hydrogen-bond donors (Lipinski definition) is 1. The second-order valence-electron chi connectivity index (χ2n) is 5.50. The van der Waals surface area contributed by atoms with Crippen LogP contribution < -0.4 is 4.74 Å². The second kappa shape index (κ2) is 7.45. The van der Waals surface area contributed by atoms with E-state index in [1.54, 1.807) is 18.5 Å². The minimum Gasteiger partial charge on any atom is -0.495 e. The Bertz CT molecular complexity index is 600. The highest BCUT2D eigenvalue weighted by atomic mass is 32.1. The fourth-order valence-electron chi connectivity index (χ4n) is 2.57. The molecule has 0 radical (unpaired) electrons. The number of piperidine rings is 1. The van der Waals surface area contributed by atoms with Crippen LogP contribution in [0.3, 0.4) is 0 Å². The topological polar surface area (TPSA) is 87.2 Å². The average molecular weight is 340 g/mol. The molecule has 0 aromatic carbocycles. The van der Waals surface area contributed by atoms with Crippen LogP contribution in [0, 0.1) is 5.92 Å². The molecule has 126 valence electrons. The third-order valence-electron chi connectivity index (χ3n) is 3.89. The van der Waals surface area contributed by atoms with Crippen LogP contribution in [-0.4, -0.2) is 66.5 Å². The Morgan fingerprint density at radius 2 is 2.22 bits per heavy atom. The zero-order valence-corrected chi connectivity index (χ0v) is 14.0. The molecule has 2 heterocycles. The molecule has 0 aliphatic carbocycles. The van der Waals surface area contributed by atoms with Gasteiger partial charge in [-0.3, -0.25) is 14.4 Å². The van der Waals surface area contributed by atoms with Crippen LogP contribution in [0.4, 0.5) is 0 Å². The van der Waals surface area contributed by atoms with Crippen molar-refractivity contribution < 1.29 is 24.2 Å². The number of likely N-dealkylation sites (tertiary alicyclic amines) is 1. The van der Waals surface area contributed by atoms with E-state index in [0.29, 0.717) is 30.0 Å². The molecule has 1 aliphatic heterocycles. The first-order chi connectivity index (χ1) is 10.9. The number of amides is 2. The van der Waals surface area contributed by atoms with E-state index < -0.39 is 11.9 Å². The van der Waals surface area contributed by atoms with Gasteiger partial charge in [-0.15, -0.1) is 11.3 Å². The Morgan fingerprint density at radius 1 is 1.48 bits per heavy atom. The van der Waals surface area contributed by atoms with Crippen molar-refractivity contribution in [1.29, 1.82) is 0 Å². The summed E-state index contributed by atoms with van der Waals surface area (Å²) in [6.07, 6.45) is 1.25. The van der Waals surface area contributed by atoms with Crippen molar-refractivity contribution in [3.63, 3.8) is 0 Å². The SMILES string of the molecule is COc1ccsc1C(=O)N(C)CC(=O)N1CCC[C@H](C(=O)O)C1. The van der Waals surface area contributed by atoms with Gasteiger partial charge < -0.3 is 19.6 Å². The molecule has 2 rings (SSSR count). The standard InChI is InChI=1S/C15H20N2O5S/c1-16(14(19)13-11(22-2)5-7-23-13)9-12(18)17-6-3-4-10(8-17)15(20)21/h5,7,10H,3-4,6,8-9H2,1-2H3,(H,20,21)/t10-/m0/s1. The summed E-state index contributed by atoms with van der Waals surface area (Å²) in [5, 5.41) is 10.8. The van der Waals surface area contributed by atoms with Crippen LogP contribution >= 0.6 is 11.3 Å². The molecule has 2 amide bonds. The number of carbonyl (C=O) groups excluding carboxylic acids is 2. The van der Waals surface area contributed by atoms with E-state index in [1.165, 1.54) is 28.2 Å². The van der Waals surface area contributed by atoms with E-state index in [1.807, 2.05) is 0 Å². The summed E-state index contributed by atoms with van der Waals surface area (Å²) < 4.78 is 5.12. The minimum atomic E-state index is -0.879. The monoisotopic (exact) mass is 340 g/mol. The molecule has 0 bridgehead atoms. The smallest absolute Gasteiger partial charge is 0.308 e. The molecule has 0 saturated carbocycles. The van der Waals surface area contributed by atoms with Crippen molar-refractivity contribution in [2.45, 2.75) is 12.8 Å². The number of ether oxygens (including phenoxy) is 1. The van der Waals surface area contributed by atoms with Crippen molar-refractivity contribution >= 4 is 29.1 Å². The van der Waals surface area contributed by atoms with Crippen molar-refractivity contribution in [2.24, 2.45) is 5.92 Å². The predicted molar refractivity (Wildman–Crippen MR) is 84.8 cm³/mol. The molecule has 1 atom stereocenters. The summed E-state index contributed by atoms with van der Waals surface area (Å²) in [4.78, 5) is 39.1. The Morgan fingerprint density at radius 3 is 2.87 bits per heavy atom. The van der Waals surface area contributed by atoms with Crippen LogP contribution in [-0.2, 0) is 9.59 Å². The number of carboxylic acid groups (broad SMARTS) is 1. The van der Waals surface area contributed by atoms with Crippen molar-refractivity contribution in [3.8, 4) is 5.75 Å². The van der Waals surface area contributed by atoms with Gasteiger partial charge in [0.2, 0.25) is 5.91 Å². The molecule has 7 nitrogen and oxygen atoms in total. The van der Waals surface area contributed by atoms with Crippen LogP contribution in [0.15, 0.2) is 11.4 Å². The van der Waals surface area contributed by atoms with Gasteiger partial charge in [-0.1, -0.05) is 0 Å². The molecule has 23 heavy (non-hydrogen) atoms. The number of hydrogen-bond acceptors (Lipinski definition) is 5. The van der Waals surface area contributed by atoms with Gasteiger partial charge in [0, 0.05) is 20.1 Å². The Balaban J connectivity index is 1.96. The van der Waals surface area contributed by atoms with Gasteiger partial charge in [-0.25, -0.2) is 0 Å². The van der Waals surface area contributed by atoms with Crippen molar-refractivity contribution in [3.05, 3.63) is 16.3 Å². The molecule has 1 fully saturated rings. The van der Waals surface area contributed by atoms with Crippen LogP contribution in [0.2, 0.25) is 0 Å². The number of nitrogens with zero attached hydrogens (tertiary/aromatic N) is 2. The average Bonchev–Trinajstić information content (AvgIpc) is 3.02. The fraction of sp³-hybridized carbons (Fsp3) is 0.533. The number of carbonyl (C=O) groups is 3. The third-order valence-corrected chi connectivity index (χ3v) is 4.77. The highest BCUT2D eigenvalue weighted by Crippen LogP contribution is 2.25. The molecule has 1 N–H and O–H groups in total. The molecule has 1 saturated heterocycles. The number of methoxy groups -OCH3 is 1. The summed E-state index contributed by atoms with van der Waals surface area (Å²) in [6.45, 7) is 0.664. The molecular weight excluding hydrogens is 320 g/mol. The van der Waals surface area contributed by atoms with E-state index in [-0.39, 0.29) is 24.9 Å². The van der Waals surface area contributed by atoms with Crippen LogP contribution in [0.5, 0.6) is 5.75 Å². The highest BCUT2D eigenvalue weighted by molar-refractivity contribution is 7.12. The first-order valence-corrected chi connectivity index (χ1v) is 8.19. The third kappa shape index (κ3) is 4.01. The maximum Gasteiger partial charge on any atom is 0.308 e. The second-order valence-corrected chi connectivity index (χ2v) is 6.41. The minimum absolute atomic E-state index is 0.0772. The normalized spacial score (nSPS) is 17.7. The van der Waals surface area contributed by atoms with E-state index in [4.69, 9.17) is 9.84 Å². The summed E-state index contributed by atoms with van der Waals surface area (Å²) >= 11 is 1.26. The number of rotatable bonds is 5. The number of thiophene rings is 1. The first kappa shape index (κ1) is 17.3. The number of likely N-dealkylation sites (N-methyl/N-ethyl adjacent to an activating group) is 1. The predicted octanol–water partition coefficient (Wildman–Crippen LogP) is 1.15. The largest absolute Gasteiger partial charge is 0.495 e. The zero-order valence-electron chi connectivity index (χ0n) is 13.2. The number of aliphatic carboxylic acids is 1. The zero-order chi connectivity index (χ0) is 17.0. The van der Waals surface area contributed by atoms with Gasteiger partial charge >= 0.3 is 5.97 Å². The molecule has 0 spiro atoms. The van der Waals surface area contributed by atoms with Gasteiger partial charge in [0.25, 0.3) is 5.91 Å². The molecule has 1 aromatic heterocycles. The fourth-order valence-corrected chi connectivity index (χ4v) is 3.42.